The van der Waals surface area contributed by atoms with Crippen molar-refractivity contribution < 1.29 is 9.59 Å². The Morgan fingerprint density at radius 1 is 1.09 bits per heavy atom. The van der Waals surface area contributed by atoms with Crippen LogP contribution in [-0.4, -0.2) is 29.8 Å². The van der Waals surface area contributed by atoms with E-state index in [1.807, 2.05) is 23.1 Å². The first-order valence-electron chi connectivity index (χ1n) is 8.57. The lowest BCUT2D eigenvalue weighted by atomic mass is 9.86. The number of likely N-dealkylation sites (tertiary alicyclic amines) is 1. The second-order valence-corrected chi connectivity index (χ2v) is 7.77. The normalized spacial score (nSPS) is 23.7. The molecule has 0 aromatic heterocycles. The number of benzene rings is 1. The summed E-state index contributed by atoms with van der Waals surface area (Å²) in [5, 5.41) is 3.04. The zero-order valence-corrected chi connectivity index (χ0v) is 14.3. The van der Waals surface area contributed by atoms with Gasteiger partial charge in [-0.2, -0.15) is 0 Å². The molecule has 2 amide bonds. The first-order chi connectivity index (χ1) is 10.9. The van der Waals surface area contributed by atoms with Crippen LogP contribution < -0.4 is 5.32 Å². The molecule has 1 aromatic rings. The van der Waals surface area contributed by atoms with Gasteiger partial charge in [0.15, 0.2) is 0 Å². The Morgan fingerprint density at radius 2 is 1.74 bits per heavy atom. The van der Waals surface area contributed by atoms with Crippen LogP contribution in [0.2, 0.25) is 0 Å². The van der Waals surface area contributed by atoms with Gasteiger partial charge in [-0.15, -0.1) is 0 Å². The van der Waals surface area contributed by atoms with Gasteiger partial charge < -0.3 is 10.2 Å². The minimum Gasteiger partial charge on any atom is -0.342 e. The number of rotatable bonds is 3. The van der Waals surface area contributed by atoms with Crippen molar-refractivity contribution in [3.63, 3.8) is 0 Å². The first kappa shape index (κ1) is 16.0. The van der Waals surface area contributed by atoms with Gasteiger partial charge in [-0.3, -0.25) is 9.59 Å². The highest BCUT2D eigenvalue weighted by Gasteiger charge is 2.49. The first-order valence-corrected chi connectivity index (χ1v) is 8.57. The Morgan fingerprint density at radius 3 is 2.39 bits per heavy atom. The van der Waals surface area contributed by atoms with E-state index in [9.17, 15) is 9.59 Å². The number of anilines is 1. The van der Waals surface area contributed by atoms with Gasteiger partial charge in [-0.25, -0.2) is 0 Å². The van der Waals surface area contributed by atoms with E-state index in [-0.39, 0.29) is 29.1 Å². The smallest absolute Gasteiger partial charge is 0.228 e. The highest BCUT2D eigenvalue weighted by molar-refractivity contribution is 6.00. The quantitative estimate of drug-likeness (QED) is 0.931. The van der Waals surface area contributed by atoms with E-state index in [1.54, 1.807) is 0 Å². The Hall–Kier alpha value is -1.84. The lowest BCUT2D eigenvalue weighted by Crippen LogP contribution is -2.30. The molecule has 4 heteroatoms. The second-order valence-electron chi connectivity index (χ2n) is 7.77. The van der Waals surface area contributed by atoms with Crippen LogP contribution >= 0.6 is 0 Å². The van der Waals surface area contributed by atoms with Crippen molar-refractivity contribution in [1.29, 1.82) is 0 Å². The summed E-state index contributed by atoms with van der Waals surface area (Å²) in [6.45, 7) is 8.12. The van der Waals surface area contributed by atoms with E-state index in [1.165, 1.54) is 0 Å². The van der Waals surface area contributed by atoms with Crippen LogP contribution in [0.15, 0.2) is 24.3 Å². The molecule has 2 aliphatic rings. The van der Waals surface area contributed by atoms with Gasteiger partial charge in [0.2, 0.25) is 11.8 Å². The lowest BCUT2D eigenvalue weighted by Gasteiger charge is -2.23. The molecule has 2 unspecified atom stereocenters. The topological polar surface area (TPSA) is 49.4 Å². The van der Waals surface area contributed by atoms with Gasteiger partial charge in [0.05, 0.1) is 11.8 Å². The van der Waals surface area contributed by atoms with Crippen LogP contribution in [0.1, 0.15) is 45.6 Å². The average Bonchev–Trinajstić information content (AvgIpc) is 3.11. The molecule has 1 N–H and O–H groups in total. The van der Waals surface area contributed by atoms with E-state index in [0.717, 1.165) is 37.2 Å². The molecule has 0 spiro atoms. The molecule has 2 fully saturated rings. The lowest BCUT2D eigenvalue weighted by molar-refractivity contribution is -0.133. The fraction of sp³-hybridized carbons (Fsp3) is 0.579. The monoisotopic (exact) mass is 314 g/mol. The second kappa shape index (κ2) is 5.99. The minimum absolute atomic E-state index is 0.0146. The number of nitrogens with zero attached hydrogens (tertiary/aromatic N) is 1. The van der Waals surface area contributed by atoms with Crippen molar-refractivity contribution in [2.24, 2.45) is 11.8 Å². The fourth-order valence-electron chi connectivity index (χ4n) is 3.40. The number of hydrogen-bond acceptors (Lipinski definition) is 2. The van der Waals surface area contributed by atoms with Crippen molar-refractivity contribution in [3.05, 3.63) is 29.8 Å². The molecule has 1 saturated carbocycles. The number of hydrogen-bond donors (Lipinski definition) is 1. The van der Waals surface area contributed by atoms with Crippen molar-refractivity contribution in [1.82, 2.24) is 4.90 Å². The molecule has 1 aliphatic heterocycles. The molecular weight excluding hydrogens is 288 g/mol. The van der Waals surface area contributed by atoms with Gasteiger partial charge in [0.1, 0.15) is 0 Å². The molecule has 124 valence electrons. The molecule has 0 bridgehead atoms. The average molecular weight is 314 g/mol. The van der Waals surface area contributed by atoms with Crippen LogP contribution in [0.25, 0.3) is 0 Å². The standard InChI is InChI=1S/C19H26N2O2/c1-19(2,3)15-8-4-5-9-16(15)20-17(22)13-12-14(13)18(23)21-10-6-7-11-21/h4-5,8-9,13-14H,6-7,10-12H2,1-3H3,(H,20,22). The summed E-state index contributed by atoms with van der Waals surface area (Å²) >= 11 is 0. The predicted molar refractivity (Wildman–Crippen MR) is 91.2 cm³/mol. The largest absolute Gasteiger partial charge is 0.342 e. The summed E-state index contributed by atoms with van der Waals surface area (Å²) in [7, 11) is 0. The molecule has 1 saturated heterocycles. The van der Waals surface area contributed by atoms with Crippen molar-refractivity contribution in [2.75, 3.05) is 18.4 Å². The van der Waals surface area contributed by atoms with Crippen molar-refractivity contribution in [3.8, 4) is 0 Å². The SMILES string of the molecule is CC(C)(C)c1ccccc1NC(=O)C1CC1C(=O)N1CCCC1. The number of carbonyl (C=O) groups is 2. The fourth-order valence-corrected chi connectivity index (χ4v) is 3.40. The van der Waals surface area contributed by atoms with Crippen LogP contribution in [0.3, 0.4) is 0 Å². The third kappa shape index (κ3) is 3.41. The van der Waals surface area contributed by atoms with E-state index in [4.69, 9.17) is 0 Å². The van der Waals surface area contributed by atoms with E-state index in [0.29, 0.717) is 6.42 Å². The van der Waals surface area contributed by atoms with Crippen LogP contribution in [0.5, 0.6) is 0 Å². The molecule has 3 rings (SSSR count). The summed E-state index contributed by atoms with van der Waals surface area (Å²) < 4.78 is 0. The van der Waals surface area contributed by atoms with E-state index in [2.05, 4.69) is 32.2 Å². The molecule has 1 heterocycles. The van der Waals surface area contributed by atoms with Crippen LogP contribution in [-0.2, 0) is 15.0 Å². The molecule has 4 nitrogen and oxygen atoms in total. The maximum Gasteiger partial charge on any atom is 0.228 e. The van der Waals surface area contributed by atoms with Gasteiger partial charge in [0, 0.05) is 18.8 Å². The van der Waals surface area contributed by atoms with Gasteiger partial charge >= 0.3 is 0 Å². The number of para-hydroxylation sites is 1. The highest BCUT2D eigenvalue weighted by Crippen LogP contribution is 2.42. The molecule has 2 atom stereocenters. The third-order valence-corrected chi connectivity index (χ3v) is 4.86. The Balaban J connectivity index is 1.64. The van der Waals surface area contributed by atoms with Gasteiger partial charge in [-0.05, 0) is 36.3 Å². The Bertz CT molecular complexity index is 612. The molecule has 0 radical (unpaired) electrons. The summed E-state index contributed by atoms with van der Waals surface area (Å²) in [6, 6.07) is 7.92. The number of amides is 2. The maximum atomic E-state index is 12.5. The van der Waals surface area contributed by atoms with Crippen molar-refractivity contribution in [2.45, 2.75) is 45.4 Å². The Kier molecular flexibility index (Phi) is 4.17. The zero-order valence-electron chi connectivity index (χ0n) is 14.3. The molecule has 1 aliphatic carbocycles. The summed E-state index contributed by atoms with van der Waals surface area (Å²) in [5.74, 6) is -0.1000. The highest BCUT2D eigenvalue weighted by atomic mass is 16.2. The van der Waals surface area contributed by atoms with E-state index < -0.39 is 0 Å². The molecule has 1 aromatic carbocycles. The van der Waals surface area contributed by atoms with E-state index >= 15 is 0 Å². The number of carbonyl (C=O) groups excluding carboxylic acids is 2. The summed E-state index contributed by atoms with van der Waals surface area (Å²) in [4.78, 5) is 26.8. The maximum absolute atomic E-state index is 12.5. The van der Waals surface area contributed by atoms with Gasteiger partial charge in [-0.1, -0.05) is 39.0 Å². The third-order valence-electron chi connectivity index (χ3n) is 4.86. The van der Waals surface area contributed by atoms with Gasteiger partial charge in [0.25, 0.3) is 0 Å². The van der Waals surface area contributed by atoms with Crippen molar-refractivity contribution >= 4 is 17.5 Å². The Labute approximate surface area is 138 Å². The summed E-state index contributed by atoms with van der Waals surface area (Å²) in [5.41, 5.74) is 1.96. The zero-order chi connectivity index (χ0) is 16.6. The van der Waals surface area contributed by atoms with Crippen LogP contribution in [0, 0.1) is 11.8 Å². The predicted octanol–water partition coefficient (Wildman–Crippen LogP) is 3.18. The van der Waals surface area contributed by atoms with Crippen LogP contribution in [0.4, 0.5) is 5.69 Å². The molecule has 23 heavy (non-hydrogen) atoms. The summed E-state index contributed by atoms with van der Waals surface area (Å²) in [6.07, 6.45) is 2.88. The number of nitrogens with one attached hydrogen (secondary N) is 1. The molecular formula is C19H26N2O2. The minimum atomic E-state index is -0.156.